The molecule has 0 fully saturated rings. The van der Waals surface area contributed by atoms with E-state index in [9.17, 15) is 0 Å². The minimum atomic E-state index is 0.0530. The number of nitrogens with two attached hydrogens (primary N) is 1. The number of hydrogen-bond donors (Lipinski definition) is 2. The van der Waals surface area contributed by atoms with Crippen molar-refractivity contribution in [3.63, 3.8) is 0 Å². The van der Waals surface area contributed by atoms with Crippen LogP contribution < -0.4 is 15.8 Å². The molecular weight excluding hydrogens is 208 g/mol. The van der Waals surface area contributed by atoms with Crippen LogP contribution >= 0.6 is 0 Å². The fourth-order valence-corrected chi connectivity index (χ4v) is 1.23. The summed E-state index contributed by atoms with van der Waals surface area (Å²) < 4.78 is 10.0. The topological polar surface area (TPSA) is 86.2 Å². The molecule has 3 N–H and O–H groups in total. The summed E-state index contributed by atoms with van der Waals surface area (Å²) in [5.74, 6) is 0.825. The number of anilines is 2. The van der Waals surface area contributed by atoms with Crippen LogP contribution in [0.3, 0.4) is 0 Å². The highest BCUT2D eigenvalue weighted by atomic mass is 16.5. The molecule has 0 saturated carbocycles. The first-order valence-electron chi connectivity index (χ1n) is 4.73. The zero-order valence-electron chi connectivity index (χ0n) is 8.80. The third kappa shape index (κ3) is 2.41. The normalized spacial score (nSPS) is 10.1. The van der Waals surface area contributed by atoms with Crippen LogP contribution in [0, 0.1) is 0 Å². The Morgan fingerprint density at radius 2 is 2.06 bits per heavy atom. The van der Waals surface area contributed by atoms with Crippen LogP contribution in [0.4, 0.5) is 12.0 Å². The average Bonchev–Trinajstić information content (AvgIpc) is 2.73. The molecule has 0 aliphatic carbocycles. The Balaban J connectivity index is 1.94. The Hall–Kier alpha value is -2.24. The lowest BCUT2D eigenvalue weighted by molar-refractivity contribution is 0.414. The molecule has 6 nitrogen and oxygen atoms in total. The van der Waals surface area contributed by atoms with E-state index in [0.717, 1.165) is 11.3 Å². The number of hydrogen-bond acceptors (Lipinski definition) is 6. The van der Waals surface area contributed by atoms with Gasteiger partial charge in [-0.3, -0.25) is 0 Å². The first-order valence-corrected chi connectivity index (χ1v) is 4.73. The first-order chi connectivity index (χ1) is 7.78. The van der Waals surface area contributed by atoms with Crippen LogP contribution in [0.25, 0.3) is 0 Å². The van der Waals surface area contributed by atoms with Crippen LogP contribution in [0.5, 0.6) is 5.75 Å². The highest BCUT2D eigenvalue weighted by molar-refractivity contribution is 5.30. The molecule has 0 saturated heterocycles. The molecule has 0 atom stereocenters. The summed E-state index contributed by atoms with van der Waals surface area (Å²) in [5.41, 5.74) is 6.37. The van der Waals surface area contributed by atoms with E-state index in [4.69, 9.17) is 14.9 Å². The molecule has 0 aliphatic rings. The molecule has 0 spiro atoms. The van der Waals surface area contributed by atoms with Gasteiger partial charge in [-0.05, 0) is 17.7 Å². The van der Waals surface area contributed by atoms with E-state index < -0.39 is 0 Å². The van der Waals surface area contributed by atoms with Gasteiger partial charge >= 0.3 is 12.0 Å². The van der Waals surface area contributed by atoms with Gasteiger partial charge in [-0.2, -0.15) is 0 Å². The first kappa shape index (κ1) is 10.3. The number of benzene rings is 1. The van der Waals surface area contributed by atoms with Gasteiger partial charge in [0, 0.05) is 6.54 Å². The van der Waals surface area contributed by atoms with Gasteiger partial charge in [-0.1, -0.05) is 22.3 Å². The molecule has 6 heteroatoms. The van der Waals surface area contributed by atoms with Gasteiger partial charge in [0.2, 0.25) is 0 Å². The molecule has 16 heavy (non-hydrogen) atoms. The number of nitrogens with one attached hydrogen (secondary N) is 1. The Morgan fingerprint density at radius 1 is 1.31 bits per heavy atom. The summed E-state index contributed by atoms with van der Waals surface area (Å²) in [6, 6.07) is 8.04. The maximum atomic E-state index is 5.29. The smallest absolute Gasteiger partial charge is 0.317 e. The van der Waals surface area contributed by atoms with Crippen molar-refractivity contribution in [2.75, 3.05) is 18.2 Å². The summed E-state index contributed by atoms with van der Waals surface area (Å²) >= 11 is 0. The van der Waals surface area contributed by atoms with Gasteiger partial charge in [-0.15, -0.1) is 0 Å². The molecule has 2 aromatic rings. The maximum absolute atomic E-state index is 5.29. The molecule has 0 amide bonds. The van der Waals surface area contributed by atoms with E-state index in [1.54, 1.807) is 7.11 Å². The fourth-order valence-electron chi connectivity index (χ4n) is 1.23. The van der Waals surface area contributed by atoms with Gasteiger partial charge in [0.05, 0.1) is 7.11 Å². The van der Waals surface area contributed by atoms with Crippen LogP contribution in [-0.4, -0.2) is 17.3 Å². The molecule has 2 rings (SSSR count). The number of nitrogens with zero attached hydrogens (tertiary/aromatic N) is 2. The summed E-state index contributed by atoms with van der Waals surface area (Å²) in [6.45, 7) is 0.589. The van der Waals surface area contributed by atoms with E-state index in [1.807, 2.05) is 24.3 Å². The Morgan fingerprint density at radius 3 is 2.62 bits per heavy atom. The Labute approximate surface area is 92.4 Å². The van der Waals surface area contributed by atoms with Gasteiger partial charge in [0.1, 0.15) is 5.75 Å². The van der Waals surface area contributed by atoms with Crippen molar-refractivity contribution < 1.29 is 9.15 Å². The van der Waals surface area contributed by atoms with Crippen molar-refractivity contribution in [2.45, 2.75) is 6.54 Å². The van der Waals surface area contributed by atoms with Gasteiger partial charge in [-0.25, -0.2) is 0 Å². The van der Waals surface area contributed by atoms with Crippen LogP contribution in [0.1, 0.15) is 5.56 Å². The van der Waals surface area contributed by atoms with Crippen molar-refractivity contribution in [3.8, 4) is 5.75 Å². The van der Waals surface area contributed by atoms with E-state index >= 15 is 0 Å². The van der Waals surface area contributed by atoms with Crippen molar-refractivity contribution in [1.82, 2.24) is 10.2 Å². The summed E-state index contributed by atoms with van der Waals surface area (Å²) in [4.78, 5) is 0. The van der Waals surface area contributed by atoms with Crippen molar-refractivity contribution in [2.24, 2.45) is 0 Å². The predicted molar refractivity (Wildman–Crippen MR) is 59.0 cm³/mol. The molecule has 1 aromatic carbocycles. The van der Waals surface area contributed by atoms with E-state index in [-0.39, 0.29) is 6.01 Å². The molecule has 0 aliphatic heterocycles. The molecule has 0 bridgehead atoms. The quantitative estimate of drug-likeness (QED) is 0.807. The number of nitrogen functional groups attached to an aromatic ring is 1. The average molecular weight is 220 g/mol. The zero-order chi connectivity index (χ0) is 11.4. The second-order valence-corrected chi connectivity index (χ2v) is 3.15. The van der Waals surface area contributed by atoms with E-state index in [1.165, 1.54) is 0 Å². The van der Waals surface area contributed by atoms with E-state index in [2.05, 4.69) is 15.5 Å². The number of methoxy groups -OCH3 is 1. The standard InChI is InChI=1S/C10H12N4O2/c1-15-8-4-2-7(3-5-8)6-12-10-14-13-9(11)16-10/h2-5H,6H2,1H3,(H2,11,13)(H,12,14). The van der Waals surface area contributed by atoms with Crippen LogP contribution in [0.15, 0.2) is 28.7 Å². The van der Waals surface area contributed by atoms with Gasteiger partial charge in [0.25, 0.3) is 0 Å². The third-order valence-corrected chi connectivity index (χ3v) is 2.04. The summed E-state index contributed by atoms with van der Waals surface area (Å²) in [6.07, 6.45) is 0. The fraction of sp³-hybridized carbons (Fsp3) is 0.200. The minimum absolute atomic E-state index is 0.0530. The summed E-state index contributed by atoms with van der Waals surface area (Å²) in [5, 5.41) is 10.2. The monoisotopic (exact) mass is 220 g/mol. The van der Waals surface area contributed by atoms with Gasteiger partial charge < -0.3 is 20.2 Å². The van der Waals surface area contributed by atoms with Crippen molar-refractivity contribution in [3.05, 3.63) is 29.8 Å². The third-order valence-electron chi connectivity index (χ3n) is 2.04. The Kier molecular flexibility index (Phi) is 2.90. The number of aromatic nitrogens is 2. The SMILES string of the molecule is COc1ccc(CNc2nnc(N)o2)cc1. The summed E-state index contributed by atoms with van der Waals surface area (Å²) in [7, 11) is 1.63. The van der Waals surface area contributed by atoms with Crippen molar-refractivity contribution in [1.29, 1.82) is 0 Å². The molecule has 1 heterocycles. The lowest BCUT2D eigenvalue weighted by atomic mass is 10.2. The second-order valence-electron chi connectivity index (χ2n) is 3.15. The van der Waals surface area contributed by atoms with Crippen LogP contribution in [0.2, 0.25) is 0 Å². The highest BCUT2D eigenvalue weighted by Crippen LogP contribution is 2.13. The molecule has 0 unspecified atom stereocenters. The number of rotatable bonds is 4. The lowest BCUT2D eigenvalue weighted by Crippen LogP contribution is -1.99. The second kappa shape index (κ2) is 4.52. The largest absolute Gasteiger partial charge is 0.497 e. The minimum Gasteiger partial charge on any atom is -0.497 e. The van der Waals surface area contributed by atoms with Crippen molar-refractivity contribution >= 4 is 12.0 Å². The number of ether oxygens (including phenoxy) is 1. The molecular formula is C10H12N4O2. The van der Waals surface area contributed by atoms with E-state index in [0.29, 0.717) is 12.6 Å². The molecule has 0 radical (unpaired) electrons. The van der Waals surface area contributed by atoms with Gasteiger partial charge in [0.15, 0.2) is 0 Å². The lowest BCUT2D eigenvalue weighted by Gasteiger charge is -2.03. The maximum Gasteiger partial charge on any atom is 0.317 e. The predicted octanol–water partition coefficient (Wildman–Crippen LogP) is 1.27. The molecule has 84 valence electrons. The highest BCUT2D eigenvalue weighted by Gasteiger charge is 2.01. The zero-order valence-corrected chi connectivity index (χ0v) is 8.80. The van der Waals surface area contributed by atoms with Crippen LogP contribution in [-0.2, 0) is 6.54 Å². The Bertz CT molecular complexity index is 452. The molecule has 1 aromatic heterocycles.